The molecule has 1 N–H and O–H groups in total. The number of nitrogens with zero attached hydrogens (tertiary/aromatic N) is 1. The van der Waals surface area contributed by atoms with Gasteiger partial charge in [-0.05, 0) is 43.7 Å². The molecule has 25 heavy (non-hydrogen) atoms. The van der Waals surface area contributed by atoms with Crippen LogP contribution >= 0.6 is 0 Å². The average Bonchev–Trinajstić information content (AvgIpc) is 3.08. The number of carbonyl (C=O) groups excluding carboxylic acids is 1. The molecular formula is C21H20N2O2. The molecule has 0 bridgehead atoms. The van der Waals surface area contributed by atoms with Crippen LogP contribution in [0, 0.1) is 6.92 Å². The van der Waals surface area contributed by atoms with Crippen LogP contribution in [-0.4, -0.2) is 10.8 Å². The van der Waals surface area contributed by atoms with Crippen molar-refractivity contribution in [2.24, 2.45) is 0 Å². The number of carbonyl (C=O) groups is 1. The van der Waals surface area contributed by atoms with Gasteiger partial charge in [0.05, 0.1) is 11.6 Å². The van der Waals surface area contributed by atoms with Crippen LogP contribution in [-0.2, 0) is 0 Å². The van der Waals surface area contributed by atoms with E-state index in [0.29, 0.717) is 5.56 Å². The minimum absolute atomic E-state index is 0.00440. The van der Waals surface area contributed by atoms with Gasteiger partial charge in [0.1, 0.15) is 11.5 Å². The number of anilines is 1. The molecule has 0 saturated heterocycles. The topological polar surface area (TPSA) is 45.5 Å². The van der Waals surface area contributed by atoms with E-state index in [1.54, 1.807) is 0 Å². The molecule has 2 heterocycles. The number of rotatable bonds is 3. The number of fused-ring (bicyclic) bond motifs is 1. The molecule has 4 heteroatoms. The van der Waals surface area contributed by atoms with Gasteiger partial charge in [-0.1, -0.05) is 42.5 Å². The van der Waals surface area contributed by atoms with E-state index >= 15 is 0 Å². The van der Waals surface area contributed by atoms with Gasteiger partial charge in [-0.2, -0.15) is 0 Å². The molecule has 4 nitrogen and oxygen atoms in total. The van der Waals surface area contributed by atoms with Gasteiger partial charge in [-0.15, -0.1) is 0 Å². The molecule has 4 rings (SSSR count). The summed E-state index contributed by atoms with van der Waals surface area (Å²) in [6.45, 7) is 3.96. The summed E-state index contributed by atoms with van der Waals surface area (Å²) in [6.07, 6.45) is -0.341. The summed E-state index contributed by atoms with van der Waals surface area (Å²) in [7, 11) is 0. The van der Waals surface area contributed by atoms with Crippen molar-refractivity contribution in [3.05, 3.63) is 89.4 Å². The number of hydrogen-bond donors (Lipinski definition) is 1. The van der Waals surface area contributed by atoms with Crippen LogP contribution in [0.3, 0.4) is 0 Å². The van der Waals surface area contributed by atoms with E-state index in [1.165, 1.54) is 0 Å². The molecule has 2 aromatic carbocycles. The molecule has 3 aromatic rings. The minimum Gasteiger partial charge on any atom is -0.462 e. The maximum absolute atomic E-state index is 13.3. The monoisotopic (exact) mass is 332 g/mol. The highest BCUT2D eigenvalue weighted by atomic mass is 16.3. The molecule has 0 aliphatic carbocycles. The lowest BCUT2D eigenvalue weighted by atomic mass is 10.0. The van der Waals surface area contributed by atoms with Gasteiger partial charge in [0.2, 0.25) is 0 Å². The molecule has 2 atom stereocenters. The SMILES string of the molecule is Cc1ccc([C@H]2Nc3ccccc3C(=O)N2[C@H](C)c2ccccc2)o1. The molecule has 126 valence electrons. The van der Waals surface area contributed by atoms with Crippen LogP contribution in [0.4, 0.5) is 5.69 Å². The fourth-order valence-electron chi connectivity index (χ4n) is 3.37. The molecule has 1 aliphatic rings. The number of amides is 1. The van der Waals surface area contributed by atoms with Crippen molar-refractivity contribution in [2.75, 3.05) is 5.32 Å². The second kappa shape index (κ2) is 6.13. The lowest BCUT2D eigenvalue weighted by Crippen LogP contribution is -2.44. The van der Waals surface area contributed by atoms with Crippen molar-refractivity contribution < 1.29 is 9.21 Å². The van der Waals surface area contributed by atoms with E-state index < -0.39 is 0 Å². The Kier molecular flexibility index (Phi) is 3.80. The number of hydrogen-bond acceptors (Lipinski definition) is 3. The fraction of sp³-hybridized carbons (Fsp3) is 0.190. The lowest BCUT2D eigenvalue weighted by Gasteiger charge is -2.40. The standard InChI is InChI=1S/C21H20N2O2/c1-14-12-13-19(25-14)20-22-18-11-7-6-10-17(18)21(24)23(20)15(2)16-8-4-3-5-9-16/h3-13,15,20,22H,1-2H3/t15-,20+/m1/s1. The van der Waals surface area contributed by atoms with Gasteiger partial charge >= 0.3 is 0 Å². The third kappa shape index (κ3) is 2.70. The Morgan fingerprint density at radius 3 is 2.44 bits per heavy atom. The van der Waals surface area contributed by atoms with E-state index in [-0.39, 0.29) is 18.1 Å². The smallest absolute Gasteiger partial charge is 0.258 e. The number of nitrogens with one attached hydrogen (secondary N) is 1. The lowest BCUT2D eigenvalue weighted by molar-refractivity contribution is 0.0569. The van der Waals surface area contributed by atoms with Gasteiger partial charge in [0.15, 0.2) is 6.17 Å². The Balaban J connectivity index is 1.81. The van der Waals surface area contributed by atoms with E-state index in [9.17, 15) is 4.79 Å². The summed E-state index contributed by atoms with van der Waals surface area (Å²) in [6, 6.07) is 21.4. The number of para-hydroxylation sites is 1. The Hall–Kier alpha value is -3.01. The Morgan fingerprint density at radius 1 is 1.00 bits per heavy atom. The molecule has 1 amide bonds. The zero-order valence-electron chi connectivity index (χ0n) is 14.3. The highest BCUT2D eigenvalue weighted by Crippen LogP contribution is 2.38. The van der Waals surface area contributed by atoms with Gasteiger partial charge in [0, 0.05) is 5.69 Å². The maximum Gasteiger partial charge on any atom is 0.258 e. The second-order valence-corrected chi connectivity index (χ2v) is 6.34. The van der Waals surface area contributed by atoms with Crippen molar-refractivity contribution in [3.8, 4) is 0 Å². The molecule has 0 spiro atoms. The van der Waals surface area contributed by atoms with Gasteiger partial charge < -0.3 is 14.6 Å². The molecule has 0 saturated carbocycles. The average molecular weight is 332 g/mol. The normalized spacial score (nSPS) is 17.8. The highest BCUT2D eigenvalue weighted by molar-refractivity contribution is 6.01. The van der Waals surface area contributed by atoms with E-state index in [0.717, 1.165) is 22.8 Å². The first-order valence-electron chi connectivity index (χ1n) is 8.44. The summed E-state index contributed by atoms with van der Waals surface area (Å²) in [5.74, 6) is 1.57. The zero-order chi connectivity index (χ0) is 17.4. The van der Waals surface area contributed by atoms with Gasteiger partial charge in [-0.25, -0.2) is 0 Å². The molecule has 0 radical (unpaired) electrons. The van der Waals surface area contributed by atoms with Gasteiger partial charge in [0.25, 0.3) is 5.91 Å². The molecule has 0 unspecified atom stereocenters. The third-order valence-corrected chi connectivity index (χ3v) is 4.69. The first-order chi connectivity index (χ1) is 12.1. The third-order valence-electron chi connectivity index (χ3n) is 4.69. The van der Waals surface area contributed by atoms with Crippen LogP contribution in [0.15, 0.2) is 71.1 Å². The van der Waals surface area contributed by atoms with Crippen LogP contribution in [0.1, 0.15) is 46.6 Å². The minimum atomic E-state index is -0.341. The number of furan rings is 1. The summed E-state index contributed by atoms with van der Waals surface area (Å²) >= 11 is 0. The molecular weight excluding hydrogens is 312 g/mol. The molecule has 0 fully saturated rings. The van der Waals surface area contributed by atoms with Crippen LogP contribution in [0.25, 0.3) is 0 Å². The zero-order valence-corrected chi connectivity index (χ0v) is 14.3. The van der Waals surface area contributed by atoms with Crippen molar-refractivity contribution >= 4 is 11.6 Å². The van der Waals surface area contributed by atoms with Gasteiger partial charge in [-0.3, -0.25) is 4.79 Å². The van der Waals surface area contributed by atoms with E-state index in [2.05, 4.69) is 5.32 Å². The predicted octanol–water partition coefficient (Wildman–Crippen LogP) is 4.92. The van der Waals surface area contributed by atoms with Crippen LogP contribution in [0.5, 0.6) is 0 Å². The summed E-state index contributed by atoms with van der Waals surface area (Å²) in [4.78, 5) is 15.1. The fourth-order valence-corrected chi connectivity index (χ4v) is 3.37. The van der Waals surface area contributed by atoms with Crippen molar-refractivity contribution in [1.29, 1.82) is 0 Å². The highest BCUT2D eigenvalue weighted by Gasteiger charge is 2.37. The van der Waals surface area contributed by atoms with E-state index in [1.807, 2.05) is 85.5 Å². The van der Waals surface area contributed by atoms with E-state index in [4.69, 9.17) is 4.42 Å². The maximum atomic E-state index is 13.3. The van der Waals surface area contributed by atoms with Crippen LogP contribution < -0.4 is 5.32 Å². The number of benzene rings is 2. The Bertz CT molecular complexity index is 901. The van der Waals surface area contributed by atoms with Crippen molar-refractivity contribution in [3.63, 3.8) is 0 Å². The first kappa shape index (κ1) is 15.5. The second-order valence-electron chi connectivity index (χ2n) is 6.34. The quantitative estimate of drug-likeness (QED) is 0.741. The largest absolute Gasteiger partial charge is 0.462 e. The Labute approximate surface area is 147 Å². The predicted molar refractivity (Wildman–Crippen MR) is 97.3 cm³/mol. The summed E-state index contributed by atoms with van der Waals surface area (Å²) < 4.78 is 5.85. The Morgan fingerprint density at radius 2 is 1.72 bits per heavy atom. The first-order valence-corrected chi connectivity index (χ1v) is 8.44. The molecule has 1 aromatic heterocycles. The van der Waals surface area contributed by atoms with Crippen LogP contribution in [0.2, 0.25) is 0 Å². The summed E-state index contributed by atoms with van der Waals surface area (Å²) in [5, 5.41) is 3.47. The molecule has 1 aliphatic heterocycles. The number of aryl methyl sites for hydroxylation is 1. The van der Waals surface area contributed by atoms with Crippen molar-refractivity contribution in [2.45, 2.75) is 26.1 Å². The summed E-state index contributed by atoms with van der Waals surface area (Å²) in [5.41, 5.74) is 2.61. The van der Waals surface area contributed by atoms with Crippen molar-refractivity contribution in [1.82, 2.24) is 4.90 Å².